The largest absolute Gasteiger partial charge is 0.494 e. The zero-order valence-electron chi connectivity index (χ0n) is 20.4. The second-order valence-corrected chi connectivity index (χ2v) is 10.2. The molecule has 0 aliphatic carbocycles. The molecular weight excluding hydrogens is 462 g/mol. The van der Waals surface area contributed by atoms with Crippen LogP contribution in [0.1, 0.15) is 43.4 Å². The molecule has 0 heterocycles. The molecule has 1 amide bonds. The first kappa shape index (κ1) is 26.0. The van der Waals surface area contributed by atoms with Crippen molar-refractivity contribution in [2.24, 2.45) is 5.10 Å². The molecule has 35 heavy (non-hydrogen) atoms. The number of nitrogens with zero attached hydrogens (tertiary/aromatic N) is 2. The van der Waals surface area contributed by atoms with E-state index in [4.69, 9.17) is 4.74 Å². The quantitative estimate of drug-likeness (QED) is 0.323. The molecule has 0 radical (unpaired) electrons. The first-order valence-electron chi connectivity index (χ1n) is 11.4. The maximum Gasteiger partial charge on any atom is 0.264 e. The van der Waals surface area contributed by atoms with Crippen LogP contribution in [0.25, 0.3) is 0 Å². The lowest BCUT2D eigenvalue weighted by molar-refractivity contribution is -0.119. The predicted molar refractivity (Wildman–Crippen MR) is 140 cm³/mol. The average Bonchev–Trinajstić information content (AvgIpc) is 2.84. The van der Waals surface area contributed by atoms with Crippen LogP contribution in [0.15, 0.2) is 82.8 Å². The van der Waals surface area contributed by atoms with Gasteiger partial charge in [-0.2, -0.15) is 5.10 Å². The first-order chi connectivity index (χ1) is 16.7. The number of nitrogens with one attached hydrogen (secondary N) is 1. The summed E-state index contributed by atoms with van der Waals surface area (Å²) in [6.45, 7) is 8.04. The van der Waals surface area contributed by atoms with Gasteiger partial charge in [0.05, 0.1) is 23.4 Å². The number of benzene rings is 3. The Kier molecular flexibility index (Phi) is 8.65. The number of hydrogen-bond donors (Lipinski definition) is 1. The molecule has 0 saturated carbocycles. The summed E-state index contributed by atoms with van der Waals surface area (Å²) in [4.78, 5) is 12.8. The Bertz CT molecular complexity index is 1250. The molecule has 0 saturated heterocycles. The van der Waals surface area contributed by atoms with E-state index in [0.717, 1.165) is 15.4 Å². The van der Waals surface area contributed by atoms with Gasteiger partial charge in [0.15, 0.2) is 0 Å². The monoisotopic (exact) mass is 493 g/mol. The molecular formula is C27H31N3O4S. The number of hydrazone groups is 1. The second-order valence-electron chi connectivity index (χ2n) is 8.37. The van der Waals surface area contributed by atoms with Crippen molar-refractivity contribution in [1.29, 1.82) is 0 Å². The second kappa shape index (κ2) is 11.7. The van der Waals surface area contributed by atoms with Crippen molar-refractivity contribution in [1.82, 2.24) is 5.43 Å². The van der Waals surface area contributed by atoms with E-state index in [1.165, 1.54) is 23.9 Å². The Balaban J connectivity index is 1.79. The van der Waals surface area contributed by atoms with Gasteiger partial charge >= 0.3 is 0 Å². The molecule has 3 aromatic rings. The number of rotatable bonds is 10. The van der Waals surface area contributed by atoms with Gasteiger partial charge in [0.2, 0.25) is 0 Å². The van der Waals surface area contributed by atoms with Crippen LogP contribution in [0.3, 0.4) is 0 Å². The summed E-state index contributed by atoms with van der Waals surface area (Å²) >= 11 is 0. The van der Waals surface area contributed by atoms with Gasteiger partial charge in [-0.15, -0.1) is 0 Å². The molecule has 3 aromatic carbocycles. The van der Waals surface area contributed by atoms with Crippen LogP contribution in [0.4, 0.5) is 5.69 Å². The summed E-state index contributed by atoms with van der Waals surface area (Å²) in [7, 11) is -4.02. The van der Waals surface area contributed by atoms with Gasteiger partial charge in [0, 0.05) is 0 Å². The number of sulfonamides is 1. The van der Waals surface area contributed by atoms with Crippen LogP contribution in [0.2, 0.25) is 0 Å². The smallest absolute Gasteiger partial charge is 0.264 e. The molecule has 0 atom stereocenters. The summed E-state index contributed by atoms with van der Waals surface area (Å²) in [5.74, 6) is 0.433. The van der Waals surface area contributed by atoms with Gasteiger partial charge in [0.1, 0.15) is 12.3 Å². The highest BCUT2D eigenvalue weighted by Gasteiger charge is 2.27. The predicted octanol–water partition coefficient (Wildman–Crippen LogP) is 4.86. The first-order valence-corrected chi connectivity index (χ1v) is 12.9. The molecule has 0 aromatic heterocycles. The van der Waals surface area contributed by atoms with Crippen LogP contribution in [0.5, 0.6) is 5.75 Å². The Morgan fingerprint density at radius 2 is 1.63 bits per heavy atom. The highest BCUT2D eigenvalue weighted by Crippen LogP contribution is 2.25. The molecule has 8 heteroatoms. The van der Waals surface area contributed by atoms with E-state index < -0.39 is 22.5 Å². The molecule has 0 aliphatic heterocycles. The molecule has 184 valence electrons. The lowest BCUT2D eigenvalue weighted by Gasteiger charge is -2.24. The lowest BCUT2D eigenvalue weighted by atomic mass is 10.0. The van der Waals surface area contributed by atoms with Crippen LogP contribution < -0.4 is 14.5 Å². The Morgan fingerprint density at radius 1 is 1.00 bits per heavy atom. The van der Waals surface area contributed by atoms with E-state index in [1.54, 1.807) is 36.4 Å². The SMILES string of the molecule is CCOc1ccc(S(=O)(=O)N(CC(=O)N/N=C\c2ccc(C(C)C)cc2)c2ccc(C)cc2)cc1. The molecule has 0 spiro atoms. The zero-order chi connectivity index (χ0) is 25.4. The summed E-state index contributed by atoms with van der Waals surface area (Å²) in [5.41, 5.74) is 5.83. The summed E-state index contributed by atoms with van der Waals surface area (Å²) in [6, 6.07) is 20.9. The molecule has 3 rings (SSSR count). The third-order valence-electron chi connectivity index (χ3n) is 5.34. The van der Waals surface area contributed by atoms with Crippen molar-refractivity contribution in [3.05, 3.63) is 89.5 Å². The van der Waals surface area contributed by atoms with E-state index in [0.29, 0.717) is 24.0 Å². The lowest BCUT2D eigenvalue weighted by Crippen LogP contribution is -2.39. The minimum atomic E-state index is -4.02. The third kappa shape index (κ3) is 6.93. The van der Waals surface area contributed by atoms with Crippen LogP contribution in [-0.4, -0.2) is 33.7 Å². The maximum absolute atomic E-state index is 13.5. The highest BCUT2D eigenvalue weighted by atomic mass is 32.2. The van der Waals surface area contributed by atoms with Gasteiger partial charge in [-0.3, -0.25) is 9.10 Å². The Hall–Kier alpha value is -3.65. The number of ether oxygens (including phenoxy) is 1. The summed E-state index contributed by atoms with van der Waals surface area (Å²) in [5, 5.41) is 4.00. The molecule has 0 bridgehead atoms. The molecule has 1 N–H and O–H groups in total. The van der Waals surface area contributed by atoms with Crippen molar-refractivity contribution >= 4 is 27.8 Å². The van der Waals surface area contributed by atoms with Crippen molar-refractivity contribution in [3.63, 3.8) is 0 Å². The fourth-order valence-corrected chi connectivity index (χ4v) is 4.76. The van der Waals surface area contributed by atoms with E-state index in [2.05, 4.69) is 24.4 Å². The zero-order valence-corrected chi connectivity index (χ0v) is 21.2. The van der Waals surface area contributed by atoms with Gasteiger partial charge in [-0.05, 0) is 67.3 Å². The van der Waals surface area contributed by atoms with E-state index in [9.17, 15) is 13.2 Å². The minimum absolute atomic E-state index is 0.0584. The number of hydrogen-bond acceptors (Lipinski definition) is 5. The van der Waals surface area contributed by atoms with Crippen molar-refractivity contribution in [3.8, 4) is 5.75 Å². The van der Waals surface area contributed by atoms with Crippen molar-refractivity contribution in [2.75, 3.05) is 17.5 Å². The molecule has 0 aliphatic rings. The number of aryl methyl sites for hydroxylation is 1. The number of anilines is 1. The minimum Gasteiger partial charge on any atom is -0.494 e. The summed E-state index contributed by atoms with van der Waals surface area (Å²) in [6.07, 6.45) is 1.53. The number of carbonyl (C=O) groups excluding carboxylic acids is 1. The van der Waals surface area contributed by atoms with E-state index in [-0.39, 0.29) is 4.90 Å². The fraction of sp³-hybridized carbons (Fsp3) is 0.259. The Labute approximate surface area is 207 Å². The average molecular weight is 494 g/mol. The number of carbonyl (C=O) groups is 1. The highest BCUT2D eigenvalue weighted by molar-refractivity contribution is 7.92. The van der Waals surface area contributed by atoms with Gasteiger partial charge in [0.25, 0.3) is 15.9 Å². The third-order valence-corrected chi connectivity index (χ3v) is 7.13. The van der Waals surface area contributed by atoms with Crippen LogP contribution >= 0.6 is 0 Å². The van der Waals surface area contributed by atoms with E-state index >= 15 is 0 Å². The topological polar surface area (TPSA) is 88.1 Å². The van der Waals surface area contributed by atoms with Gasteiger partial charge in [-0.25, -0.2) is 13.8 Å². The fourth-order valence-electron chi connectivity index (χ4n) is 3.34. The van der Waals surface area contributed by atoms with Gasteiger partial charge < -0.3 is 4.74 Å². The van der Waals surface area contributed by atoms with Gasteiger partial charge in [-0.1, -0.05) is 55.8 Å². The van der Waals surface area contributed by atoms with Crippen molar-refractivity contribution in [2.45, 2.75) is 38.5 Å². The van der Waals surface area contributed by atoms with Crippen molar-refractivity contribution < 1.29 is 17.9 Å². The number of amides is 1. The van der Waals surface area contributed by atoms with Crippen LogP contribution in [-0.2, 0) is 14.8 Å². The standard InChI is InChI=1S/C27H31N3O4S/c1-5-34-25-14-16-26(17-15-25)35(32,33)30(24-12-6-21(4)7-13-24)19-27(31)29-28-18-22-8-10-23(11-9-22)20(2)3/h6-18,20H,5,19H2,1-4H3,(H,29,31)/b28-18-. The molecule has 7 nitrogen and oxygen atoms in total. The van der Waals surface area contributed by atoms with E-state index in [1.807, 2.05) is 38.1 Å². The summed E-state index contributed by atoms with van der Waals surface area (Å²) < 4.78 is 33.4. The molecule has 0 unspecified atom stereocenters. The van der Waals surface area contributed by atoms with Crippen LogP contribution in [0, 0.1) is 6.92 Å². The molecule has 0 fully saturated rings. The normalized spacial score (nSPS) is 11.6. The Morgan fingerprint density at radius 3 is 2.20 bits per heavy atom. The maximum atomic E-state index is 13.5.